The number of carboxylic acids is 1. The molecule has 4 heteroatoms. The second-order valence-electron chi connectivity index (χ2n) is 3.83. The molecule has 1 unspecified atom stereocenters. The van der Waals surface area contributed by atoms with Gasteiger partial charge in [0.05, 0.1) is 12.0 Å². The van der Waals surface area contributed by atoms with E-state index in [2.05, 4.69) is 0 Å². The van der Waals surface area contributed by atoms with E-state index in [4.69, 9.17) is 10.8 Å². The Kier molecular flexibility index (Phi) is 3.39. The van der Waals surface area contributed by atoms with Crippen molar-refractivity contribution in [1.82, 2.24) is 0 Å². The first kappa shape index (κ1) is 11.1. The van der Waals surface area contributed by atoms with Gasteiger partial charge < -0.3 is 10.8 Å². The van der Waals surface area contributed by atoms with Gasteiger partial charge in [0.2, 0.25) is 6.29 Å². The number of hydrogen-bond donors (Lipinski definition) is 2. The van der Waals surface area contributed by atoms with Crippen molar-refractivity contribution in [2.45, 2.75) is 26.8 Å². The van der Waals surface area contributed by atoms with E-state index < -0.39 is 23.3 Å². The maximum Gasteiger partial charge on any atom is 0.309 e. The minimum atomic E-state index is -1.06. The second kappa shape index (κ2) is 3.67. The Morgan fingerprint density at radius 1 is 1.50 bits per heavy atom. The molecule has 0 fully saturated rings. The number of aliphatic carboxylic acids is 1. The van der Waals surface area contributed by atoms with Crippen LogP contribution in [0.25, 0.3) is 0 Å². The first-order chi connectivity index (χ1) is 5.30. The predicted octanol–water partition coefficient (Wildman–Crippen LogP) is 0.170. The normalized spacial score (nSPS) is 16.7. The lowest BCUT2D eigenvalue weighted by molar-refractivity contribution is -0.145. The van der Waals surface area contributed by atoms with Crippen LogP contribution in [-0.2, 0) is 9.59 Å². The third kappa shape index (κ3) is 2.62. The molecule has 3 N–H and O–H groups in total. The standard InChI is InChI=1S/C8H14NO3/c1-8(2,3)6(7(11)12)5(9)4-10/h5-6H,9H2,1-3H3,(H,11,12)/t5-,6?/m1/s1. The van der Waals surface area contributed by atoms with E-state index in [1.165, 1.54) is 6.29 Å². The van der Waals surface area contributed by atoms with Gasteiger partial charge in [0, 0.05) is 0 Å². The van der Waals surface area contributed by atoms with Crippen molar-refractivity contribution in [3.63, 3.8) is 0 Å². The van der Waals surface area contributed by atoms with Gasteiger partial charge in [0.25, 0.3) is 0 Å². The number of carbonyl (C=O) groups excluding carboxylic acids is 1. The molecular weight excluding hydrogens is 158 g/mol. The second-order valence-corrected chi connectivity index (χ2v) is 3.83. The molecule has 0 heterocycles. The number of nitrogens with two attached hydrogens (primary N) is 1. The van der Waals surface area contributed by atoms with Gasteiger partial charge in [-0.3, -0.25) is 9.59 Å². The van der Waals surface area contributed by atoms with Gasteiger partial charge in [-0.1, -0.05) is 20.8 Å². The summed E-state index contributed by atoms with van der Waals surface area (Å²) in [7, 11) is 0. The molecule has 4 nitrogen and oxygen atoms in total. The highest BCUT2D eigenvalue weighted by atomic mass is 16.4. The average molecular weight is 172 g/mol. The SMILES string of the molecule is CC(C)(C)C(C(=O)O)[C@H](N)[C]=O. The lowest BCUT2D eigenvalue weighted by Gasteiger charge is -2.28. The summed E-state index contributed by atoms with van der Waals surface area (Å²) in [5, 5.41) is 8.75. The van der Waals surface area contributed by atoms with Crippen molar-refractivity contribution in [3.8, 4) is 0 Å². The summed E-state index contributed by atoms with van der Waals surface area (Å²) in [6.07, 6.45) is 1.50. The molecule has 12 heavy (non-hydrogen) atoms. The van der Waals surface area contributed by atoms with E-state index in [9.17, 15) is 9.59 Å². The first-order valence-corrected chi connectivity index (χ1v) is 3.66. The van der Waals surface area contributed by atoms with E-state index in [0.717, 1.165) is 0 Å². The summed E-state index contributed by atoms with van der Waals surface area (Å²) < 4.78 is 0. The van der Waals surface area contributed by atoms with Crippen molar-refractivity contribution < 1.29 is 14.7 Å². The Morgan fingerprint density at radius 3 is 2.00 bits per heavy atom. The number of hydrogen-bond acceptors (Lipinski definition) is 3. The van der Waals surface area contributed by atoms with Crippen molar-refractivity contribution >= 4 is 12.3 Å². The monoisotopic (exact) mass is 172 g/mol. The van der Waals surface area contributed by atoms with E-state index >= 15 is 0 Å². The van der Waals surface area contributed by atoms with Crippen LogP contribution in [0.5, 0.6) is 0 Å². The molecule has 0 aliphatic rings. The molecule has 1 radical (unpaired) electrons. The first-order valence-electron chi connectivity index (χ1n) is 3.66. The smallest absolute Gasteiger partial charge is 0.309 e. The minimum Gasteiger partial charge on any atom is -0.481 e. The van der Waals surface area contributed by atoms with Crippen LogP contribution in [0.1, 0.15) is 20.8 Å². The zero-order chi connectivity index (χ0) is 9.94. The molecule has 0 rings (SSSR count). The summed E-state index contributed by atoms with van der Waals surface area (Å²) in [5.74, 6) is -1.94. The Labute approximate surface area is 71.8 Å². The summed E-state index contributed by atoms with van der Waals surface area (Å²) >= 11 is 0. The Bertz CT molecular complexity index is 183. The summed E-state index contributed by atoms with van der Waals surface area (Å²) in [6.45, 7) is 5.18. The van der Waals surface area contributed by atoms with Crippen molar-refractivity contribution in [3.05, 3.63) is 0 Å². The zero-order valence-corrected chi connectivity index (χ0v) is 7.50. The molecule has 69 valence electrons. The molecule has 0 spiro atoms. The highest BCUT2D eigenvalue weighted by molar-refractivity contribution is 5.77. The number of carboxylic acid groups (broad SMARTS) is 1. The highest BCUT2D eigenvalue weighted by Gasteiger charge is 2.36. The van der Waals surface area contributed by atoms with E-state index in [1.807, 2.05) is 0 Å². The summed E-state index contributed by atoms with van der Waals surface area (Å²) in [5.41, 5.74) is 4.77. The van der Waals surface area contributed by atoms with Crippen LogP contribution in [-0.4, -0.2) is 23.4 Å². The molecule has 0 aliphatic heterocycles. The Balaban J connectivity index is 4.67. The molecule has 0 aliphatic carbocycles. The third-order valence-corrected chi connectivity index (χ3v) is 1.69. The van der Waals surface area contributed by atoms with Crippen LogP contribution < -0.4 is 5.73 Å². The van der Waals surface area contributed by atoms with E-state index in [-0.39, 0.29) is 0 Å². The molecule has 0 saturated carbocycles. The van der Waals surface area contributed by atoms with Gasteiger partial charge in [-0.25, -0.2) is 0 Å². The fourth-order valence-corrected chi connectivity index (χ4v) is 1.13. The average Bonchev–Trinajstić information content (AvgIpc) is 1.83. The maximum absolute atomic E-state index is 10.7. The van der Waals surface area contributed by atoms with Gasteiger partial charge >= 0.3 is 5.97 Å². The minimum absolute atomic E-state index is 0.525. The molecule has 0 amide bonds. The van der Waals surface area contributed by atoms with Crippen LogP contribution in [0.4, 0.5) is 0 Å². The third-order valence-electron chi connectivity index (χ3n) is 1.69. The summed E-state index contributed by atoms with van der Waals surface area (Å²) in [6, 6.07) is -1.05. The van der Waals surface area contributed by atoms with Gasteiger partial charge in [0.1, 0.15) is 0 Å². The van der Waals surface area contributed by atoms with Crippen molar-refractivity contribution in [2.24, 2.45) is 17.1 Å². The van der Waals surface area contributed by atoms with Crippen molar-refractivity contribution in [2.75, 3.05) is 0 Å². The van der Waals surface area contributed by atoms with E-state index in [1.54, 1.807) is 20.8 Å². The van der Waals surface area contributed by atoms with Crippen molar-refractivity contribution in [1.29, 1.82) is 0 Å². The molecule has 2 atom stereocenters. The van der Waals surface area contributed by atoms with Crippen LogP contribution in [0.2, 0.25) is 0 Å². The Morgan fingerprint density at radius 2 is 1.92 bits per heavy atom. The largest absolute Gasteiger partial charge is 0.481 e. The van der Waals surface area contributed by atoms with E-state index in [0.29, 0.717) is 0 Å². The fourth-order valence-electron chi connectivity index (χ4n) is 1.13. The summed E-state index contributed by atoms with van der Waals surface area (Å²) in [4.78, 5) is 20.9. The van der Waals surface area contributed by atoms with Crippen LogP contribution >= 0.6 is 0 Å². The van der Waals surface area contributed by atoms with Gasteiger partial charge in [-0.05, 0) is 5.41 Å². The zero-order valence-electron chi connectivity index (χ0n) is 7.50. The van der Waals surface area contributed by atoms with Gasteiger partial charge in [0.15, 0.2) is 0 Å². The fraction of sp³-hybridized carbons (Fsp3) is 0.750. The van der Waals surface area contributed by atoms with Gasteiger partial charge in [-0.15, -0.1) is 0 Å². The van der Waals surface area contributed by atoms with Crippen LogP contribution in [0, 0.1) is 11.3 Å². The maximum atomic E-state index is 10.7. The molecule has 0 aromatic rings. The topological polar surface area (TPSA) is 80.4 Å². The molecule has 0 aromatic heterocycles. The quantitative estimate of drug-likeness (QED) is 0.636. The number of rotatable bonds is 3. The lowest BCUT2D eigenvalue weighted by atomic mass is 9.77. The Hall–Kier alpha value is -0.900. The van der Waals surface area contributed by atoms with Crippen LogP contribution in [0.15, 0.2) is 0 Å². The highest BCUT2D eigenvalue weighted by Crippen LogP contribution is 2.27. The molecule has 0 bridgehead atoms. The molecule has 0 saturated heterocycles. The number of carbonyl (C=O) groups is 1. The predicted molar refractivity (Wildman–Crippen MR) is 44.2 cm³/mol. The molecular formula is C8H14NO3. The lowest BCUT2D eigenvalue weighted by Crippen LogP contribution is -2.44. The van der Waals surface area contributed by atoms with Crippen LogP contribution in [0.3, 0.4) is 0 Å². The molecule has 0 aromatic carbocycles. The van der Waals surface area contributed by atoms with Gasteiger partial charge in [-0.2, -0.15) is 0 Å².